The van der Waals surface area contributed by atoms with E-state index in [0.717, 1.165) is 11.4 Å². The smallest absolute Gasteiger partial charge is 0.252 e. The first-order valence-electron chi connectivity index (χ1n) is 20.0. The van der Waals surface area contributed by atoms with Gasteiger partial charge in [-0.2, -0.15) is 0 Å². The van der Waals surface area contributed by atoms with Crippen LogP contribution in [0.5, 0.6) is 0 Å². The monoisotopic (exact) mass is 718 g/mol. The summed E-state index contributed by atoms with van der Waals surface area (Å²) in [7, 11) is 0. The van der Waals surface area contributed by atoms with E-state index in [2.05, 4.69) is 165 Å². The Hall–Kier alpha value is -5.16. The zero-order valence-electron chi connectivity index (χ0n) is 34.5. The summed E-state index contributed by atoms with van der Waals surface area (Å²) in [5.41, 5.74) is 18.2. The number of nitrogens with zero attached hydrogens (tertiary/aromatic N) is 4. The van der Waals surface area contributed by atoms with Crippen LogP contribution < -0.4 is 16.4 Å². The molecule has 5 aromatic carbocycles. The van der Waals surface area contributed by atoms with Gasteiger partial charge in [0, 0.05) is 61.9 Å². The van der Waals surface area contributed by atoms with Crippen molar-refractivity contribution >= 4 is 66.7 Å². The zero-order chi connectivity index (χ0) is 38.7. The third kappa shape index (κ3) is 4.84. The molecule has 274 valence electrons. The summed E-state index contributed by atoms with van der Waals surface area (Å²) in [6, 6.07) is 31.1. The van der Waals surface area contributed by atoms with Gasteiger partial charge in [-0.1, -0.05) is 107 Å². The van der Waals surface area contributed by atoms with Crippen molar-refractivity contribution in [2.24, 2.45) is 0 Å². The number of aromatic nitrogens is 4. The molecule has 3 aromatic heterocycles. The second kappa shape index (κ2) is 10.8. The molecule has 0 amide bonds. The first-order chi connectivity index (χ1) is 25.8. The molecule has 0 aliphatic carbocycles. The lowest BCUT2D eigenvalue weighted by atomic mass is 9.34. The third-order valence-corrected chi connectivity index (χ3v) is 12.6. The predicted octanol–water partition coefficient (Wildman–Crippen LogP) is 10.7. The van der Waals surface area contributed by atoms with Crippen molar-refractivity contribution in [2.45, 2.75) is 105 Å². The van der Waals surface area contributed by atoms with Gasteiger partial charge in [0.2, 0.25) is 0 Å². The Morgan fingerprint density at radius 2 is 0.855 bits per heavy atom. The van der Waals surface area contributed by atoms with Gasteiger partial charge in [-0.3, -0.25) is 0 Å². The summed E-state index contributed by atoms with van der Waals surface area (Å²) in [5, 5.41) is 5.30. The molecule has 4 nitrogen and oxygen atoms in total. The largest absolute Gasteiger partial charge is 0.310 e. The molecule has 0 fully saturated rings. The standard InChI is InChI=1S/C50H51BN4/c1-47(2,3)29-14-16-39-33(22-29)35-24-31(49(7,8)9)26-37-44(35)54(39)41-20-28(46-52-18-13-19-53-46)21-42-43(41)51(37)38-27-32(50(10,11)12)25-36-34-23-30(48(4,5)6)15-17-40(34)55(42)45(36)38/h13-27H,1-12H3. The second-order valence-corrected chi connectivity index (χ2v) is 20.5. The van der Waals surface area contributed by atoms with Crippen LogP contribution in [0.3, 0.4) is 0 Å². The van der Waals surface area contributed by atoms with Crippen LogP contribution in [0.4, 0.5) is 0 Å². The highest BCUT2D eigenvalue weighted by atomic mass is 15.0. The van der Waals surface area contributed by atoms with Gasteiger partial charge in [0.05, 0.1) is 11.0 Å². The number of hydrogen-bond acceptors (Lipinski definition) is 2. The average molecular weight is 719 g/mol. The maximum atomic E-state index is 4.82. The lowest BCUT2D eigenvalue weighted by Crippen LogP contribution is -2.59. The second-order valence-electron chi connectivity index (χ2n) is 20.5. The fourth-order valence-electron chi connectivity index (χ4n) is 9.44. The first-order valence-corrected chi connectivity index (χ1v) is 20.0. The Kier molecular flexibility index (Phi) is 6.73. The molecular formula is C50H51BN4. The first kappa shape index (κ1) is 34.3. The Labute approximate surface area is 325 Å². The van der Waals surface area contributed by atoms with Gasteiger partial charge in [0.1, 0.15) is 0 Å². The molecule has 0 spiro atoms. The Morgan fingerprint density at radius 1 is 0.455 bits per heavy atom. The Morgan fingerprint density at radius 3 is 1.25 bits per heavy atom. The highest BCUT2D eigenvalue weighted by molar-refractivity contribution is 7.00. The van der Waals surface area contributed by atoms with Crippen LogP contribution in [0.25, 0.3) is 66.4 Å². The molecule has 0 N–H and O–H groups in total. The van der Waals surface area contributed by atoms with E-state index in [-0.39, 0.29) is 28.4 Å². The van der Waals surface area contributed by atoms with E-state index >= 15 is 0 Å². The molecule has 0 unspecified atom stereocenters. The average Bonchev–Trinajstić information content (AvgIpc) is 3.63. The van der Waals surface area contributed by atoms with Crippen molar-refractivity contribution in [2.75, 3.05) is 0 Å². The van der Waals surface area contributed by atoms with Gasteiger partial charge < -0.3 is 9.13 Å². The van der Waals surface area contributed by atoms with Crippen molar-refractivity contribution in [3.05, 3.63) is 114 Å². The Balaban J connectivity index is 1.45. The van der Waals surface area contributed by atoms with E-state index in [1.165, 1.54) is 93.6 Å². The van der Waals surface area contributed by atoms with E-state index in [1.54, 1.807) is 0 Å². The molecule has 2 aliphatic rings. The highest BCUT2D eigenvalue weighted by Crippen LogP contribution is 2.44. The zero-order valence-corrected chi connectivity index (χ0v) is 34.5. The molecule has 0 saturated carbocycles. The molecule has 0 saturated heterocycles. The van der Waals surface area contributed by atoms with Gasteiger partial charge in [-0.15, -0.1) is 0 Å². The van der Waals surface area contributed by atoms with Crippen LogP contribution in [0, 0.1) is 0 Å². The van der Waals surface area contributed by atoms with Gasteiger partial charge in [-0.25, -0.2) is 9.97 Å². The summed E-state index contributed by atoms with van der Waals surface area (Å²) in [6.07, 6.45) is 3.72. The molecule has 55 heavy (non-hydrogen) atoms. The minimum absolute atomic E-state index is 0.0258. The van der Waals surface area contributed by atoms with Crippen LogP contribution >= 0.6 is 0 Å². The quantitative estimate of drug-likeness (QED) is 0.158. The van der Waals surface area contributed by atoms with E-state index in [1.807, 2.05) is 18.5 Å². The van der Waals surface area contributed by atoms with E-state index in [0.29, 0.717) is 0 Å². The molecule has 0 bridgehead atoms. The third-order valence-electron chi connectivity index (χ3n) is 12.6. The molecular weight excluding hydrogens is 667 g/mol. The molecule has 10 rings (SSSR count). The predicted molar refractivity (Wildman–Crippen MR) is 236 cm³/mol. The fraction of sp³-hybridized carbons (Fsp3) is 0.320. The highest BCUT2D eigenvalue weighted by Gasteiger charge is 2.43. The lowest BCUT2D eigenvalue weighted by molar-refractivity contribution is 0.590. The number of rotatable bonds is 1. The van der Waals surface area contributed by atoms with Gasteiger partial charge in [-0.05, 0) is 115 Å². The van der Waals surface area contributed by atoms with E-state index < -0.39 is 0 Å². The summed E-state index contributed by atoms with van der Waals surface area (Å²) < 4.78 is 5.17. The summed E-state index contributed by atoms with van der Waals surface area (Å²) >= 11 is 0. The number of benzene rings is 5. The number of hydrogen-bond donors (Lipinski definition) is 0. The van der Waals surface area contributed by atoms with Crippen LogP contribution in [0.2, 0.25) is 0 Å². The van der Waals surface area contributed by atoms with Crippen LogP contribution in [0.1, 0.15) is 105 Å². The summed E-state index contributed by atoms with van der Waals surface area (Å²) in [5.74, 6) is 0.742. The van der Waals surface area contributed by atoms with Crippen molar-refractivity contribution in [1.29, 1.82) is 0 Å². The molecule has 2 aliphatic heterocycles. The van der Waals surface area contributed by atoms with Crippen molar-refractivity contribution in [3.63, 3.8) is 0 Å². The van der Waals surface area contributed by atoms with Crippen LogP contribution in [-0.4, -0.2) is 25.8 Å². The van der Waals surface area contributed by atoms with Crippen molar-refractivity contribution in [3.8, 4) is 22.8 Å². The van der Waals surface area contributed by atoms with Crippen molar-refractivity contribution in [1.82, 2.24) is 19.1 Å². The topological polar surface area (TPSA) is 35.6 Å². The van der Waals surface area contributed by atoms with E-state index in [4.69, 9.17) is 9.97 Å². The summed E-state index contributed by atoms with van der Waals surface area (Å²) in [6.45, 7) is 28.1. The fourth-order valence-corrected chi connectivity index (χ4v) is 9.44. The lowest BCUT2D eigenvalue weighted by Gasteiger charge is -2.35. The minimum Gasteiger partial charge on any atom is -0.310 e. The maximum absolute atomic E-state index is 4.82. The van der Waals surface area contributed by atoms with E-state index in [9.17, 15) is 0 Å². The van der Waals surface area contributed by atoms with Gasteiger partial charge >= 0.3 is 0 Å². The minimum atomic E-state index is -0.0339. The molecule has 5 heteroatoms. The molecule has 0 atom stereocenters. The number of fused-ring (bicyclic) bond motifs is 10. The maximum Gasteiger partial charge on any atom is 0.252 e. The van der Waals surface area contributed by atoms with Crippen LogP contribution in [-0.2, 0) is 21.7 Å². The molecule has 0 radical (unpaired) electrons. The summed E-state index contributed by atoms with van der Waals surface area (Å²) in [4.78, 5) is 9.64. The Bertz CT molecular complexity index is 2770. The molecule has 5 heterocycles. The van der Waals surface area contributed by atoms with Gasteiger partial charge in [0.15, 0.2) is 5.82 Å². The normalized spacial score (nSPS) is 14.1. The van der Waals surface area contributed by atoms with Crippen LogP contribution in [0.15, 0.2) is 91.3 Å². The molecule has 8 aromatic rings. The van der Waals surface area contributed by atoms with Crippen molar-refractivity contribution < 1.29 is 0 Å². The SMILES string of the molecule is CC(C)(C)c1ccc2c(c1)c1cc(C(C)(C)C)cc3c1n2-c1cc(-c2ncccn2)cc2c1B3c1cc(C(C)(C)C)cc3c4cc(C(C)(C)C)ccc4n-2c13. The van der Waals surface area contributed by atoms with Gasteiger partial charge in [0.25, 0.3) is 6.71 Å².